The number of aromatic nitrogens is 5. The number of rotatable bonds is 5. The highest BCUT2D eigenvalue weighted by atomic mass is 19.4. The van der Waals surface area contributed by atoms with Gasteiger partial charge < -0.3 is 15.5 Å². The van der Waals surface area contributed by atoms with E-state index in [1.165, 1.54) is 18.2 Å². The van der Waals surface area contributed by atoms with E-state index in [-0.39, 0.29) is 29.4 Å². The Kier molecular flexibility index (Phi) is 6.39. The van der Waals surface area contributed by atoms with Crippen LogP contribution in [0.4, 0.5) is 55.7 Å². The van der Waals surface area contributed by atoms with Crippen molar-refractivity contribution in [1.29, 1.82) is 0 Å². The fourth-order valence-electron chi connectivity index (χ4n) is 3.28. The molecule has 0 aliphatic carbocycles. The first-order valence-corrected chi connectivity index (χ1v) is 10.2. The number of nitrogens with one attached hydrogen (secondary N) is 2. The van der Waals surface area contributed by atoms with Crippen LogP contribution in [0.5, 0.6) is 0 Å². The van der Waals surface area contributed by atoms with Gasteiger partial charge in [-0.1, -0.05) is 6.07 Å². The summed E-state index contributed by atoms with van der Waals surface area (Å²) in [7, 11) is 0. The van der Waals surface area contributed by atoms with Crippen LogP contribution in [0, 0.1) is 0 Å². The second-order valence-corrected chi connectivity index (χ2v) is 7.41. The first-order valence-electron chi connectivity index (χ1n) is 10.2. The van der Waals surface area contributed by atoms with Gasteiger partial charge in [-0.3, -0.25) is 4.98 Å². The van der Waals surface area contributed by atoms with Crippen LogP contribution in [0.1, 0.15) is 30.7 Å². The average Bonchev–Trinajstić information content (AvgIpc) is 2.79. The third-order valence-electron chi connectivity index (χ3n) is 4.85. The fraction of sp³-hybridized carbons (Fsp3) is 0.350. The van der Waals surface area contributed by atoms with Crippen molar-refractivity contribution in [2.75, 3.05) is 28.6 Å². The molecule has 1 fully saturated rings. The molecule has 3 aromatic rings. The maximum Gasteiger partial charge on any atom is 0.433 e. The number of pyridine rings is 2. The van der Waals surface area contributed by atoms with Crippen LogP contribution in [-0.4, -0.2) is 38.0 Å². The lowest BCUT2D eigenvalue weighted by Gasteiger charge is -2.27. The summed E-state index contributed by atoms with van der Waals surface area (Å²) in [6, 6.07) is 5.42. The number of halogens is 6. The van der Waals surface area contributed by atoms with Gasteiger partial charge >= 0.3 is 12.4 Å². The summed E-state index contributed by atoms with van der Waals surface area (Å²) < 4.78 is 78.0. The minimum atomic E-state index is -4.64. The number of nitrogens with zero attached hydrogens (tertiary/aromatic N) is 6. The van der Waals surface area contributed by atoms with Gasteiger partial charge in [0.2, 0.25) is 17.8 Å². The molecule has 0 atom stereocenters. The van der Waals surface area contributed by atoms with Crippen molar-refractivity contribution in [3.8, 4) is 0 Å². The highest BCUT2D eigenvalue weighted by Gasteiger charge is 2.33. The first kappa shape index (κ1) is 23.4. The molecule has 34 heavy (non-hydrogen) atoms. The predicted octanol–water partition coefficient (Wildman–Crippen LogP) is 5.18. The standard InChI is InChI=1S/C20H18F6N8/c21-19(22,23)13-5-4-6-15(29-13)30-17-31-16(32-18(33-17)34-9-2-1-3-10-34)28-12-7-8-27-14(11-12)20(24,25)26/h4-8,11H,1-3,9-10H2,(H2,27,28,29,30,31,32,33). The molecule has 8 nitrogen and oxygen atoms in total. The Morgan fingerprint density at radius 2 is 1.41 bits per heavy atom. The number of alkyl halides is 6. The van der Waals surface area contributed by atoms with E-state index < -0.39 is 23.7 Å². The van der Waals surface area contributed by atoms with Crippen molar-refractivity contribution >= 4 is 29.4 Å². The van der Waals surface area contributed by atoms with Gasteiger partial charge in [0.1, 0.15) is 17.2 Å². The number of anilines is 5. The maximum atomic E-state index is 13.0. The van der Waals surface area contributed by atoms with Crippen LogP contribution < -0.4 is 15.5 Å². The molecule has 1 aliphatic rings. The molecule has 14 heteroatoms. The predicted molar refractivity (Wildman–Crippen MR) is 111 cm³/mol. The van der Waals surface area contributed by atoms with Gasteiger partial charge in [-0.2, -0.15) is 41.3 Å². The maximum absolute atomic E-state index is 13.0. The van der Waals surface area contributed by atoms with E-state index in [1.807, 2.05) is 4.90 Å². The molecule has 4 heterocycles. The monoisotopic (exact) mass is 484 g/mol. The van der Waals surface area contributed by atoms with E-state index >= 15 is 0 Å². The summed E-state index contributed by atoms with van der Waals surface area (Å²) in [6.07, 6.45) is -5.47. The van der Waals surface area contributed by atoms with Gasteiger partial charge in [0.05, 0.1) is 0 Å². The minimum Gasteiger partial charge on any atom is -0.341 e. The lowest BCUT2D eigenvalue weighted by atomic mass is 10.1. The molecule has 1 aliphatic heterocycles. The molecular formula is C20H18F6N8. The van der Waals surface area contributed by atoms with Crippen molar-refractivity contribution < 1.29 is 26.3 Å². The molecule has 0 bridgehead atoms. The largest absolute Gasteiger partial charge is 0.433 e. The minimum absolute atomic E-state index is 0.0289. The molecule has 180 valence electrons. The second-order valence-electron chi connectivity index (χ2n) is 7.41. The first-order chi connectivity index (χ1) is 16.1. The summed E-state index contributed by atoms with van der Waals surface area (Å²) in [4.78, 5) is 21.4. The summed E-state index contributed by atoms with van der Waals surface area (Å²) in [5.74, 6) is -0.129. The van der Waals surface area contributed by atoms with Gasteiger partial charge in [0, 0.05) is 25.0 Å². The van der Waals surface area contributed by atoms with E-state index in [2.05, 4.69) is 35.6 Å². The van der Waals surface area contributed by atoms with E-state index in [9.17, 15) is 26.3 Å². The van der Waals surface area contributed by atoms with E-state index in [4.69, 9.17) is 0 Å². The molecular weight excluding hydrogens is 466 g/mol. The Balaban J connectivity index is 1.66. The molecule has 0 unspecified atom stereocenters. The Morgan fingerprint density at radius 3 is 2.09 bits per heavy atom. The summed E-state index contributed by atoms with van der Waals surface area (Å²) in [5.41, 5.74) is -2.17. The highest BCUT2D eigenvalue weighted by Crippen LogP contribution is 2.31. The smallest absolute Gasteiger partial charge is 0.341 e. The molecule has 2 N–H and O–H groups in total. The molecule has 3 aromatic heterocycles. The van der Waals surface area contributed by atoms with Gasteiger partial charge in [0.15, 0.2) is 0 Å². The zero-order valence-electron chi connectivity index (χ0n) is 17.5. The van der Waals surface area contributed by atoms with Crippen molar-refractivity contribution in [2.45, 2.75) is 31.6 Å². The molecule has 0 radical (unpaired) electrons. The van der Waals surface area contributed by atoms with E-state index in [0.29, 0.717) is 13.1 Å². The zero-order chi connectivity index (χ0) is 24.3. The number of hydrogen-bond donors (Lipinski definition) is 2. The summed E-state index contributed by atoms with van der Waals surface area (Å²) in [6.45, 7) is 1.30. The van der Waals surface area contributed by atoms with Crippen LogP contribution in [-0.2, 0) is 12.4 Å². The van der Waals surface area contributed by atoms with Crippen LogP contribution in [0.3, 0.4) is 0 Å². The second kappa shape index (κ2) is 9.27. The van der Waals surface area contributed by atoms with Crippen LogP contribution in [0.25, 0.3) is 0 Å². The third kappa shape index (κ3) is 5.80. The fourth-order valence-corrected chi connectivity index (χ4v) is 3.28. The topological polar surface area (TPSA) is 91.8 Å². The normalized spacial score (nSPS) is 14.7. The number of piperidine rings is 1. The van der Waals surface area contributed by atoms with Crippen molar-refractivity contribution in [2.24, 2.45) is 0 Å². The Morgan fingerprint density at radius 1 is 0.735 bits per heavy atom. The van der Waals surface area contributed by atoms with E-state index in [1.54, 1.807) is 0 Å². The molecule has 0 saturated carbocycles. The molecule has 0 spiro atoms. The highest BCUT2D eigenvalue weighted by molar-refractivity contribution is 5.58. The van der Waals surface area contributed by atoms with Crippen LogP contribution >= 0.6 is 0 Å². The third-order valence-corrected chi connectivity index (χ3v) is 4.85. The van der Waals surface area contributed by atoms with Gasteiger partial charge in [0.25, 0.3) is 0 Å². The Labute approximate surface area is 189 Å². The van der Waals surface area contributed by atoms with Crippen molar-refractivity contribution in [1.82, 2.24) is 24.9 Å². The SMILES string of the molecule is FC(F)(F)c1cc(Nc2nc(Nc3cccc(C(F)(F)F)n3)nc(N3CCCCC3)n2)ccn1. The van der Waals surface area contributed by atoms with Gasteiger partial charge in [-0.05, 0) is 43.5 Å². The van der Waals surface area contributed by atoms with Gasteiger partial charge in [-0.25, -0.2) is 4.98 Å². The van der Waals surface area contributed by atoms with Gasteiger partial charge in [-0.15, -0.1) is 0 Å². The lowest BCUT2D eigenvalue weighted by Crippen LogP contribution is -2.31. The Bertz CT molecular complexity index is 1070. The quantitative estimate of drug-likeness (QED) is 0.479. The van der Waals surface area contributed by atoms with Crippen LogP contribution in [0.2, 0.25) is 0 Å². The lowest BCUT2D eigenvalue weighted by molar-refractivity contribution is -0.141. The van der Waals surface area contributed by atoms with Crippen LogP contribution in [0.15, 0.2) is 36.5 Å². The number of hydrogen-bond acceptors (Lipinski definition) is 8. The van der Waals surface area contributed by atoms with E-state index in [0.717, 1.165) is 37.6 Å². The molecule has 4 rings (SSSR count). The zero-order valence-corrected chi connectivity index (χ0v) is 17.5. The van der Waals surface area contributed by atoms with Crippen molar-refractivity contribution in [3.63, 3.8) is 0 Å². The Hall–Kier alpha value is -3.71. The summed E-state index contributed by atoms with van der Waals surface area (Å²) >= 11 is 0. The van der Waals surface area contributed by atoms with Crippen molar-refractivity contribution in [3.05, 3.63) is 47.9 Å². The average molecular weight is 484 g/mol. The molecule has 1 saturated heterocycles. The summed E-state index contributed by atoms with van der Waals surface area (Å²) in [5, 5.41) is 5.31. The molecule has 0 amide bonds. The molecule has 0 aromatic carbocycles.